The van der Waals surface area contributed by atoms with Crippen LogP contribution in [0.5, 0.6) is 0 Å². The molecule has 80 valence electrons. The van der Waals surface area contributed by atoms with Crippen molar-refractivity contribution in [1.82, 2.24) is 4.98 Å². The molecule has 1 aliphatic heterocycles. The Morgan fingerprint density at radius 2 is 2.40 bits per heavy atom. The monoisotopic (exact) mass is 272 g/mol. The maximum Gasteiger partial charge on any atom is 0.219 e. The summed E-state index contributed by atoms with van der Waals surface area (Å²) in [6, 6.07) is 3.61. The molecule has 1 aliphatic rings. The van der Waals surface area contributed by atoms with Crippen LogP contribution in [0.4, 0.5) is 0 Å². The van der Waals surface area contributed by atoms with E-state index in [1.54, 1.807) is 12.3 Å². The fourth-order valence-electron chi connectivity index (χ4n) is 1.61. The highest BCUT2D eigenvalue weighted by Gasteiger charge is 2.46. The van der Waals surface area contributed by atoms with Gasteiger partial charge >= 0.3 is 0 Å². The quantitative estimate of drug-likeness (QED) is 0.616. The molecule has 0 unspecified atom stereocenters. The molecular formula is C9H9BrN2O3. The first kappa shape index (κ1) is 10.5. The lowest BCUT2D eigenvalue weighted by Gasteiger charge is -2.37. The summed E-state index contributed by atoms with van der Waals surface area (Å²) in [5, 5.41) is 10.6. The second-order valence-electron chi connectivity index (χ2n) is 3.62. The van der Waals surface area contributed by atoms with Gasteiger partial charge in [-0.15, -0.1) is 0 Å². The normalized spacial score (nSPS) is 18.2. The minimum absolute atomic E-state index is 0.129. The van der Waals surface area contributed by atoms with E-state index in [2.05, 4.69) is 20.9 Å². The summed E-state index contributed by atoms with van der Waals surface area (Å²) >= 11 is 3.32. The first-order valence-corrected chi connectivity index (χ1v) is 5.23. The molecule has 0 N–H and O–H groups in total. The minimum Gasteiger partial charge on any atom is -0.379 e. The van der Waals surface area contributed by atoms with Gasteiger partial charge in [0.25, 0.3) is 0 Å². The average Bonchev–Trinajstić information content (AvgIpc) is 2.11. The largest absolute Gasteiger partial charge is 0.379 e. The van der Waals surface area contributed by atoms with E-state index in [4.69, 9.17) is 4.74 Å². The predicted molar refractivity (Wildman–Crippen MR) is 56.3 cm³/mol. The van der Waals surface area contributed by atoms with Gasteiger partial charge < -0.3 is 4.74 Å². The molecule has 2 heterocycles. The maximum absolute atomic E-state index is 10.6. The van der Waals surface area contributed by atoms with Crippen LogP contribution in [0.2, 0.25) is 0 Å². The summed E-state index contributed by atoms with van der Waals surface area (Å²) < 4.78 is 5.95. The Balaban J connectivity index is 2.29. The zero-order valence-corrected chi connectivity index (χ0v) is 9.44. The summed E-state index contributed by atoms with van der Waals surface area (Å²) in [6.45, 7) is 0.616. The van der Waals surface area contributed by atoms with Gasteiger partial charge in [-0.3, -0.25) is 15.1 Å². The van der Waals surface area contributed by atoms with E-state index in [1.807, 2.05) is 6.07 Å². The molecular weight excluding hydrogens is 264 g/mol. The molecule has 0 aromatic carbocycles. The number of halogens is 1. The number of ether oxygens (including phenoxy) is 1. The molecule has 0 radical (unpaired) electrons. The first-order valence-electron chi connectivity index (χ1n) is 4.44. The van der Waals surface area contributed by atoms with E-state index in [0.717, 1.165) is 10.2 Å². The Morgan fingerprint density at radius 3 is 2.87 bits per heavy atom. The lowest BCUT2D eigenvalue weighted by atomic mass is 9.82. The Morgan fingerprint density at radius 1 is 1.67 bits per heavy atom. The van der Waals surface area contributed by atoms with Crippen LogP contribution in [0.25, 0.3) is 0 Å². The van der Waals surface area contributed by atoms with Gasteiger partial charge in [-0.25, -0.2) is 0 Å². The van der Waals surface area contributed by atoms with Gasteiger partial charge in [0.15, 0.2) is 0 Å². The smallest absolute Gasteiger partial charge is 0.219 e. The third kappa shape index (κ3) is 2.00. The van der Waals surface area contributed by atoms with Crippen molar-refractivity contribution in [3.8, 4) is 0 Å². The van der Waals surface area contributed by atoms with Crippen molar-refractivity contribution < 1.29 is 9.66 Å². The summed E-state index contributed by atoms with van der Waals surface area (Å²) in [4.78, 5) is 14.4. The van der Waals surface area contributed by atoms with Crippen LogP contribution in [0.1, 0.15) is 5.69 Å². The van der Waals surface area contributed by atoms with Gasteiger partial charge in [0.1, 0.15) is 5.41 Å². The van der Waals surface area contributed by atoms with Gasteiger partial charge in [0, 0.05) is 15.6 Å². The molecule has 0 amide bonds. The number of aromatic nitrogens is 1. The Kier molecular flexibility index (Phi) is 2.70. The van der Waals surface area contributed by atoms with E-state index in [-0.39, 0.29) is 11.5 Å². The minimum atomic E-state index is -0.534. The molecule has 1 fully saturated rings. The fourth-order valence-corrected chi connectivity index (χ4v) is 1.95. The van der Waals surface area contributed by atoms with E-state index in [1.165, 1.54) is 0 Å². The molecule has 5 nitrogen and oxygen atoms in total. The van der Waals surface area contributed by atoms with Gasteiger partial charge in [0.05, 0.1) is 18.9 Å². The molecule has 0 spiro atoms. The molecule has 0 saturated carbocycles. The third-order valence-corrected chi connectivity index (χ3v) is 2.95. The number of hydrogen-bond acceptors (Lipinski definition) is 4. The van der Waals surface area contributed by atoms with E-state index in [9.17, 15) is 10.1 Å². The predicted octanol–water partition coefficient (Wildman–Crippen LogP) is 1.39. The van der Waals surface area contributed by atoms with Gasteiger partial charge in [0.2, 0.25) is 6.54 Å². The Labute approximate surface area is 94.7 Å². The highest BCUT2D eigenvalue weighted by atomic mass is 79.9. The summed E-state index contributed by atoms with van der Waals surface area (Å²) in [5.74, 6) is 0. The van der Waals surface area contributed by atoms with Crippen molar-refractivity contribution in [3.63, 3.8) is 0 Å². The molecule has 0 bridgehead atoms. The van der Waals surface area contributed by atoms with Crippen molar-refractivity contribution in [2.24, 2.45) is 0 Å². The van der Waals surface area contributed by atoms with Crippen molar-refractivity contribution in [3.05, 3.63) is 38.6 Å². The topological polar surface area (TPSA) is 65.3 Å². The highest BCUT2D eigenvalue weighted by molar-refractivity contribution is 9.10. The van der Waals surface area contributed by atoms with E-state index in [0.29, 0.717) is 13.2 Å². The lowest BCUT2D eigenvalue weighted by Crippen LogP contribution is -2.52. The highest BCUT2D eigenvalue weighted by Crippen LogP contribution is 2.32. The molecule has 0 aliphatic carbocycles. The van der Waals surface area contributed by atoms with Crippen molar-refractivity contribution in [2.45, 2.75) is 5.41 Å². The molecule has 1 saturated heterocycles. The zero-order chi connectivity index (χ0) is 10.9. The van der Waals surface area contributed by atoms with Crippen LogP contribution >= 0.6 is 15.9 Å². The van der Waals surface area contributed by atoms with Crippen LogP contribution in [0.15, 0.2) is 22.8 Å². The number of pyridine rings is 1. The van der Waals surface area contributed by atoms with Gasteiger partial charge in [-0.05, 0) is 12.1 Å². The second kappa shape index (κ2) is 3.86. The number of rotatable bonds is 3. The van der Waals surface area contributed by atoms with Crippen molar-refractivity contribution in [2.75, 3.05) is 19.8 Å². The average molecular weight is 273 g/mol. The lowest BCUT2D eigenvalue weighted by molar-refractivity contribution is -0.498. The van der Waals surface area contributed by atoms with Crippen LogP contribution in [0.3, 0.4) is 0 Å². The zero-order valence-electron chi connectivity index (χ0n) is 7.85. The maximum atomic E-state index is 10.6. The van der Waals surface area contributed by atoms with Gasteiger partial charge in [-0.2, -0.15) is 0 Å². The second-order valence-corrected chi connectivity index (χ2v) is 4.54. The van der Waals surface area contributed by atoms with E-state index >= 15 is 0 Å². The van der Waals surface area contributed by atoms with Crippen molar-refractivity contribution in [1.29, 1.82) is 0 Å². The Hall–Kier alpha value is -1.01. The van der Waals surface area contributed by atoms with Gasteiger partial charge in [-0.1, -0.05) is 15.9 Å². The first-order chi connectivity index (χ1) is 7.12. The fraction of sp³-hybridized carbons (Fsp3) is 0.444. The summed E-state index contributed by atoms with van der Waals surface area (Å²) in [5.41, 5.74) is 0.188. The molecule has 15 heavy (non-hydrogen) atoms. The van der Waals surface area contributed by atoms with E-state index < -0.39 is 5.41 Å². The molecule has 6 heteroatoms. The number of nitro groups is 1. The van der Waals surface area contributed by atoms with Crippen molar-refractivity contribution >= 4 is 15.9 Å². The molecule has 2 rings (SSSR count). The number of nitrogens with zero attached hydrogens (tertiary/aromatic N) is 2. The summed E-state index contributed by atoms with van der Waals surface area (Å²) in [6.07, 6.45) is 1.64. The molecule has 1 aromatic rings. The SMILES string of the molecule is O=[N+]([O-])CC1(c2cc(Br)ccn2)COC1. The number of hydrogen-bond donors (Lipinski definition) is 0. The van der Waals surface area contributed by atoms with Crippen LogP contribution in [-0.2, 0) is 10.2 Å². The van der Waals surface area contributed by atoms with Crippen LogP contribution in [0, 0.1) is 10.1 Å². The third-order valence-electron chi connectivity index (χ3n) is 2.45. The summed E-state index contributed by atoms with van der Waals surface area (Å²) in [7, 11) is 0. The molecule has 1 aromatic heterocycles. The van der Waals surface area contributed by atoms with Crippen LogP contribution < -0.4 is 0 Å². The molecule has 0 atom stereocenters. The Bertz CT molecular complexity index is 393. The standard InChI is InChI=1S/C9H9BrN2O3/c10-7-1-2-11-8(3-7)9(4-12(13)14)5-15-6-9/h1-3H,4-6H2. The van der Waals surface area contributed by atoms with Crippen LogP contribution in [-0.4, -0.2) is 29.7 Å².